The Morgan fingerprint density at radius 2 is 2.16 bits per heavy atom. The molecule has 0 unspecified atom stereocenters. The van der Waals surface area contributed by atoms with E-state index in [0.29, 0.717) is 11.5 Å². The first-order valence-electron chi connectivity index (χ1n) is 5.92. The van der Waals surface area contributed by atoms with Crippen molar-refractivity contribution >= 4 is 23.1 Å². The molecule has 2 heterocycles. The standard InChI is InChI=1S/C13H15N3O2S/c1-8-11(13(17)18)3-4-12(15-8)14-6-5-10-7-19-9(2)16-10/h3-4,7H,5-6H2,1-2H3,(H,14,15)(H,17,18). The molecule has 0 aliphatic rings. The maximum atomic E-state index is 10.9. The van der Waals surface area contributed by atoms with E-state index < -0.39 is 5.97 Å². The number of aromatic nitrogens is 2. The zero-order valence-corrected chi connectivity index (χ0v) is 11.6. The first-order chi connectivity index (χ1) is 9.06. The van der Waals surface area contributed by atoms with Gasteiger partial charge in [0.05, 0.1) is 22.0 Å². The average molecular weight is 277 g/mol. The van der Waals surface area contributed by atoms with Gasteiger partial charge in [-0.1, -0.05) is 0 Å². The molecule has 0 saturated heterocycles. The smallest absolute Gasteiger partial charge is 0.337 e. The Morgan fingerprint density at radius 3 is 2.74 bits per heavy atom. The Balaban J connectivity index is 1.93. The Morgan fingerprint density at radius 1 is 1.37 bits per heavy atom. The Kier molecular flexibility index (Phi) is 4.11. The molecular formula is C13H15N3O2S. The van der Waals surface area contributed by atoms with E-state index in [-0.39, 0.29) is 5.56 Å². The quantitative estimate of drug-likeness (QED) is 0.878. The van der Waals surface area contributed by atoms with Gasteiger partial charge in [0.1, 0.15) is 5.82 Å². The van der Waals surface area contributed by atoms with Crippen molar-refractivity contribution in [2.24, 2.45) is 0 Å². The third-order valence-electron chi connectivity index (χ3n) is 2.67. The molecular weight excluding hydrogens is 262 g/mol. The van der Waals surface area contributed by atoms with Crippen LogP contribution in [0.5, 0.6) is 0 Å². The van der Waals surface area contributed by atoms with Gasteiger partial charge in [0.15, 0.2) is 0 Å². The number of pyridine rings is 1. The first kappa shape index (κ1) is 13.5. The summed E-state index contributed by atoms with van der Waals surface area (Å²) in [7, 11) is 0. The Hall–Kier alpha value is -1.95. The second kappa shape index (κ2) is 5.79. The fourth-order valence-electron chi connectivity index (χ4n) is 1.73. The van der Waals surface area contributed by atoms with Crippen LogP contribution in [0.25, 0.3) is 0 Å². The van der Waals surface area contributed by atoms with Crippen molar-refractivity contribution in [3.05, 3.63) is 39.5 Å². The molecule has 0 aliphatic carbocycles. The Bertz CT molecular complexity index is 595. The lowest BCUT2D eigenvalue weighted by Crippen LogP contribution is -2.09. The van der Waals surface area contributed by atoms with Crippen LogP contribution in [0.3, 0.4) is 0 Å². The van der Waals surface area contributed by atoms with Crippen molar-refractivity contribution in [1.29, 1.82) is 0 Å². The number of hydrogen-bond acceptors (Lipinski definition) is 5. The summed E-state index contributed by atoms with van der Waals surface area (Å²) in [6.45, 7) is 4.40. The van der Waals surface area contributed by atoms with Crippen molar-refractivity contribution in [3.8, 4) is 0 Å². The van der Waals surface area contributed by atoms with Gasteiger partial charge in [-0.2, -0.15) is 0 Å². The summed E-state index contributed by atoms with van der Waals surface area (Å²) in [5, 5.41) is 15.2. The molecule has 0 atom stereocenters. The van der Waals surface area contributed by atoms with Gasteiger partial charge in [-0.05, 0) is 26.0 Å². The van der Waals surface area contributed by atoms with Crippen LogP contribution in [0, 0.1) is 13.8 Å². The van der Waals surface area contributed by atoms with Gasteiger partial charge in [0.2, 0.25) is 0 Å². The van der Waals surface area contributed by atoms with Crippen molar-refractivity contribution in [2.45, 2.75) is 20.3 Å². The highest BCUT2D eigenvalue weighted by Gasteiger charge is 2.08. The molecule has 6 heteroatoms. The highest BCUT2D eigenvalue weighted by Crippen LogP contribution is 2.12. The van der Waals surface area contributed by atoms with E-state index in [4.69, 9.17) is 5.11 Å². The van der Waals surface area contributed by atoms with Gasteiger partial charge >= 0.3 is 5.97 Å². The Labute approximate surface area is 115 Å². The molecule has 0 aromatic carbocycles. The number of aromatic carboxylic acids is 1. The lowest BCUT2D eigenvalue weighted by molar-refractivity contribution is 0.0695. The number of nitrogens with zero attached hydrogens (tertiary/aromatic N) is 2. The van der Waals surface area contributed by atoms with E-state index in [1.165, 1.54) is 0 Å². The fraction of sp³-hybridized carbons (Fsp3) is 0.308. The van der Waals surface area contributed by atoms with E-state index in [0.717, 1.165) is 23.7 Å². The predicted octanol–water partition coefficient (Wildman–Crippen LogP) is 2.51. The monoisotopic (exact) mass is 277 g/mol. The van der Waals surface area contributed by atoms with Crippen molar-refractivity contribution < 1.29 is 9.90 Å². The molecule has 19 heavy (non-hydrogen) atoms. The maximum absolute atomic E-state index is 10.9. The molecule has 100 valence electrons. The molecule has 0 aliphatic heterocycles. The second-order valence-electron chi connectivity index (χ2n) is 4.17. The maximum Gasteiger partial charge on any atom is 0.337 e. The SMILES string of the molecule is Cc1nc(CCNc2ccc(C(=O)O)c(C)n2)cs1. The van der Waals surface area contributed by atoms with Crippen molar-refractivity contribution in [3.63, 3.8) is 0 Å². The normalized spacial score (nSPS) is 10.4. The van der Waals surface area contributed by atoms with E-state index in [1.54, 1.807) is 30.4 Å². The van der Waals surface area contributed by atoms with E-state index in [9.17, 15) is 4.79 Å². The number of rotatable bonds is 5. The van der Waals surface area contributed by atoms with E-state index in [2.05, 4.69) is 15.3 Å². The van der Waals surface area contributed by atoms with Crippen molar-refractivity contribution in [1.82, 2.24) is 9.97 Å². The minimum atomic E-state index is -0.950. The number of carboxylic acids is 1. The molecule has 0 bridgehead atoms. The molecule has 2 rings (SSSR count). The van der Waals surface area contributed by atoms with Gasteiger partial charge in [-0.3, -0.25) is 0 Å². The predicted molar refractivity (Wildman–Crippen MR) is 75.0 cm³/mol. The van der Waals surface area contributed by atoms with Crippen LogP contribution in [0.2, 0.25) is 0 Å². The largest absolute Gasteiger partial charge is 0.478 e. The zero-order valence-electron chi connectivity index (χ0n) is 10.8. The van der Waals surface area contributed by atoms with Gasteiger partial charge in [0.25, 0.3) is 0 Å². The number of carboxylic acid groups (broad SMARTS) is 1. The third kappa shape index (κ3) is 3.51. The summed E-state index contributed by atoms with van der Waals surface area (Å²) >= 11 is 1.64. The van der Waals surface area contributed by atoms with Crippen LogP contribution in [-0.2, 0) is 6.42 Å². The topological polar surface area (TPSA) is 75.1 Å². The molecule has 2 aromatic rings. The molecule has 0 fully saturated rings. The molecule has 5 nitrogen and oxygen atoms in total. The molecule has 2 aromatic heterocycles. The number of hydrogen-bond donors (Lipinski definition) is 2. The van der Waals surface area contributed by atoms with Gasteiger partial charge < -0.3 is 10.4 Å². The van der Waals surface area contributed by atoms with Crippen LogP contribution >= 0.6 is 11.3 Å². The van der Waals surface area contributed by atoms with Gasteiger partial charge in [-0.15, -0.1) is 11.3 Å². The average Bonchev–Trinajstić information content (AvgIpc) is 2.75. The first-order valence-corrected chi connectivity index (χ1v) is 6.80. The van der Waals surface area contributed by atoms with Crippen molar-refractivity contribution in [2.75, 3.05) is 11.9 Å². The van der Waals surface area contributed by atoms with E-state index in [1.807, 2.05) is 12.3 Å². The number of thiazole rings is 1. The van der Waals surface area contributed by atoms with Crippen LogP contribution in [0.1, 0.15) is 26.8 Å². The lowest BCUT2D eigenvalue weighted by atomic mass is 10.2. The second-order valence-corrected chi connectivity index (χ2v) is 5.23. The molecule has 0 radical (unpaired) electrons. The molecule has 0 amide bonds. The molecule has 0 spiro atoms. The lowest BCUT2D eigenvalue weighted by Gasteiger charge is -2.06. The summed E-state index contributed by atoms with van der Waals surface area (Å²) in [5.74, 6) is -0.260. The fourth-order valence-corrected chi connectivity index (χ4v) is 2.37. The summed E-state index contributed by atoms with van der Waals surface area (Å²) in [4.78, 5) is 19.5. The van der Waals surface area contributed by atoms with Gasteiger partial charge in [-0.25, -0.2) is 14.8 Å². The van der Waals surface area contributed by atoms with E-state index >= 15 is 0 Å². The van der Waals surface area contributed by atoms with Gasteiger partial charge in [0, 0.05) is 18.3 Å². The number of aryl methyl sites for hydroxylation is 2. The van der Waals surface area contributed by atoms with Crippen LogP contribution < -0.4 is 5.32 Å². The number of carbonyl (C=O) groups is 1. The highest BCUT2D eigenvalue weighted by atomic mass is 32.1. The number of nitrogens with one attached hydrogen (secondary N) is 1. The van der Waals surface area contributed by atoms with Crippen LogP contribution in [0.15, 0.2) is 17.5 Å². The summed E-state index contributed by atoms with van der Waals surface area (Å²) in [6, 6.07) is 3.25. The summed E-state index contributed by atoms with van der Waals surface area (Å²) < 4.78 is 0. The number of anilines is 1. The highest BCUT2D eigenvalue weighted by molar-refractivity contribution is 7.09. The molecule has 0 saturated carbocycles. The van der Waals surface area contributed by atoms with Crippen LogP contribution in [0.4, 0.5) is 5.82 Å². The van der Waals surface area contributed by atoms with Crippen LogP contribution in [-0.4, -0.2) is 27.6 Å². The summed E-state index contributed by atoms with van der Waals surface area (Å²) in [6.07, 6.45) is 0.825. The zero-order chi connectivity index (χ0) is 13.8. The minimum Gasteiger partial charge on any atom is -0.478 e. The summed E-state index contributed by atoms with van der Waals surface area (Å²) in [5.41, 5.74) is 1.82. The minimum absolute atomic E-state index is 0.237. The molecule has 2 N–H and O–H groups in total. The third-order valence-corrected chi connectivity index (χ3v) is 3.49.